The molecule has 3 N–H and O–H groups in total. The molecule has 2 amide bonds. The van der Waals surface area contributed by atoms with Crippen molar-refractivity contribution >= 4 is 11.8 Å². The van der Waals surface area contributed by atoms with Crippen LogP contribution in [0.15, 0.2) is 6.20 Å². The molecule has 2 heterocycles. The van der Waals surface area contributed by atoms with Crippen LogP contribution in [0, 0.1) is 0 Å². The van der Waals surface area contributed by atoms with Crippen molar-refractivity contribution in [3.8, 4) is 0 Å². The van der Waals surface area contributed by atoms with Crippen LogP contribution < -0.4 is 11.1 Å². The summed E-state index contributed by atoms with van der Waals surface area (Å²) in [5, 5.41) is 10.3. The summed E-state index contributed by atoms with van der Waals surface area (Å²) in [6.07, 6.45) is 4.10. The van der Waals surface area contributed by atoms with E-state index in [1.54, 1.807) is 18.1 Å². The summed E-state index contributed by atoms with van der Waals surface area (Å²) in [5.41, 5.74) is 5.69. The highest BCUT2D eigenvalue weighted by Crippen LogP contribution is 2.19. The molecule has 1 aromatic heterocycles. The predicted octanol–water partition coefficient (Wildman–Crippen LogP) is -1.02. The molecule has 1 atom stereocenters. The Morgan fingerprint density at radius 1 is 1.50 bits per heavy atom. The maximum Gasteiger partial charge on any atom is 0.276 e. The van der Waals surface area contributed by atoms with E-state index in [0.717, 1.165) is 12.8 Å². The van der Waals surface area contributed by atoms with E-state index in [0.29, 0.717) is 26.1 Å². The molecule has 1 fully saturated rings. The van der Waals surface area contributed by atoms with E-state index in [2.05, 4.69) is 15.6 Å². The number of nitrogens with two attached hydrogens (primary N) is 1. The average molecular weight is 280 g/mol. The molecule has 2 rings (SSSR count). The number of aromatic nitrogens is 3. The first-order chi connectivity index (χ1) is 9.67. The Balaban J connectivity index is 2.14. The summed E-state index contributed by atoms with van der Waals surface area (Å²) in [5.74, 6) is -0.381. The van der Waals surface area contributed by atoms with Crippen LogP contribution in [0.25, 0.3) is 0 Å². The third-order valence-corrected chi connectivity index (χ3v) is 3.43. The van der Waals surface area contributed by atoms with Crippen LogP contribution in [-0.2, 0) is 11.3 Å². The lowest BCUT2D eigenvalue weighted by Crippen LogP contribution is -2.51. The van der Waals surface area contributed by atoms with Crippen molar-refractivity contribution in [2.24, 2.45) is 5.73 Å². The summed E-state index contributed by atoms with van der Waals surface area (Å²) in [6, 6.07) is -0.416. The molecule has 0 saturated carbocycles. The first-order valence-corrected chi connectivity index (χ1v) is 6.80. The van der Waals surface area contributed by atoms with Crippen LogP contribution in [0.2, 0.25) is 0 Å². The zero-order chi connectivity index (χ0) is 14.5. The molecule has 110 valence electrons. The van der Waals surface area contributed by atoms with E-state index in [4.69, 9.17) is 5.73 Å². The van der Waals surface area contributed by atoms with E-state index < -0.39 is 6.04 Å². The smallest absolute Gasteiger partial charge is 0.276 e. The van der Waals surface area contributed by atoms with Gasteiger partial charge in [-0.1, -0.05) is 5.21 Å². The van der Waals surface area contributed by atoms with Crippen molar-refractivity contribution in [2.75, 3.05) is 20.1 Å². The van der Waals surface area contributed by atoms with Crippen molar-refractivity contribution in [3.63, 3.8) is 0 Å². The Hall–Kier alpha value is -1.96. The summed E-state index contributed by atoms with van der Waals surface area (Å²) in [4.78, 5) is 25.9. The van der Waals surface area contributed by atoms with Crippen LogP contribution in [0.1, 0.15) is 29.8 Å². The molecule has 1 aliphatic rings. The van der Waals surface area contributed by atoms with Gasteiger partial charge in [0, 0.05) is 20.1 Å². The van der Waals surface area contributed by atoms with E-state index in [1.165, 1.54) is 4.68 Å². The molecule has 20 heavy (non-hydrogen) atoms. The van der Waals surface area contributed by atoms with E-state index >= 15 is 0 Å². The van der Waals surface area contributed by atoms with Gasteiger partial charge in [-0.25, -0.2) is 0 Å². The SMILES string of the molecule is CNC(=O)C1CCCCN1C(=O)c1cn(CCN)nn1. The Kier molecular flexibility index (Phi) is 4.67. The molecule has 8 heteroatoms. The van der Waals surface area contributed by atoms with Gasteiger partial charge in [-0.05, 0) is 19.3 Å². The average Bonchev–Trinajstić information content (AvgIpc) is 2.94. The Bertz CT molecular complexity index is 486. The lowest BCUT2D eigenvalue weighted by Gasteiger charge is -2.33. The first kappa shape index (κ1) is 14.4. The number of hydrogen-bond donors (Lipinski definition) is 2. The fourth-order valence-corrected chi connectivity index (χ4v) is 2.40. The number of likely N-dealkylation sites (tertiary alicyclic amines) is 1. The molecule has 1 aliphatic heterocycles. The monoisotopic (exact) mass is 280 g/mol. The van der Waals surface area contributed by atoms with Gasteiger partial charge in [0.2, 0.25) is 5.91 Å². The van der Waals surface area contributed by atoms with Crippen molar-refractivity contribution in [1.82, 2.24) is 25.2 Å². The van der Waals surface area contributed by atoms with Crippen LogP contribution in [0.3, 0.4) is 0 Å². The first-order valence-electron chi connectivity index (χ1n) is 6.80. The van der Waals surface area contributed by atoms with Gasteiger partial charge in [-0.15, -0.1) is 5.10 Å². The van der Waals surface area contributed by atoms with Crippen LogP contribution >= 0.6 is 0 Å². The van der Waals surface area contributed by atoms with Gasteiger partial charge >= 0.3 is 0 Å². The van der Waals surface area contributed by atoms with Crippen molar-refractivity contribution < 1.29 is 9.59 Å². The fourth-order valence-electron chi connectivity index (χ4n) is 2.40. The number of nitrogens with zero attached hydrogens (tertiary/aromatic N) is 4. The maximum atomic E-state index is 12.4. The molecular weight excluding hydrogens is 260 g/mol. The number of amides is 2. The van der Waals surface area contributed by atoms with E-state index in [1.807, 2.05) is 0 Å². The van der Waals surface area contributed by atoms with E-state index in [-0.39, 0.29) is 17.5 Å². The number of likely N-dealkylation sites (N-methyl/N-ethyl adjacent to an activating group) is 1. The Morgan fingerprint density at radius 2 is 2.30 bits per heavy atom. The minimum atomic E-state index is -0.416. The molecule has 8 nitrogen and oxygen atoms in total. The highest BCUT2D eigenvalue weighted by molar-refractivity contribution is 5.96. The van der Waals surface area contributed by atoms with Gasteiger partial charge in [0.15, 0.2) is 5.69 Å². The summed E-state index contributed by atoms with van der Waals surface area (Å²) < 4.78 is 1.53. The molecule has 0 aromatic carbocycles. The van der Waals surface area contributed by atoms with Gasteiger partial charge in [0.05, 0.1) is 12.7 Å². The molecule has 1 unspecified atom stereocenters. The summed E-state index contributed by atoms with van der Waals surface area (Å²) in [6.45, 7) is 1.52. The lowest BCUT2D eigenvalue weighted by molar-refractivity contribution is -0.126. The topological polar surface area (TPSA) is 106 Å². The number of carbonyl (C=O) groups is 2. The molecular formula is C12H20N6O2. The van der Waals surface area contributed by atoms with Crippen LogP contribution in [-0.4, -0.2) is 57.9 Å². The van der Waals surface area contributed by atoms with Gasteiger partial charge in [-0.2, -0.15) is 0 Å². The third kappa shape index (κ3) is 2.96. The lowest BCUT2D eigenvalue weighted by atomic mass is 10.0. The van der Waals surface area contributed by atoms with Crippen molar-refractivity contribution in [1.29, 1.82) is 0 Å². The number of carbonyl (C=O) groups excluding carboxylic acids is 2. The van der Waals surface area contributed by atoms with E-state index in [9.17, 15) is 9.59 Å². The summed E-state index contributed by atoms with van der Waals surface area (Å²) >= 11 is 0. The fraction of sp³-hybridized carbons (Fsp3) is 0.667. The van der Waals surface area contributed by atoms with Crippen molar-refractivity contribution in [3.05, 3.63) is 11.9 Å². The molecule has 0 bridgehead atoms. The number of rotatable bonds is 4. The second-order valence-electron chi connectivity index (χ2n) is 4.78. The van der Waals surface area contributed by atoms with Gasteiger partial charge in [0.1, 0.15) is 6.04 Å². The minimum Gasteiger partial charge on any atom is -0.357 e. The third-order valence-electron chi connectivity index (χ3n) is 3.43. The number of nitrogens with one attached hydrogen (secondary N) is 1. The summed E-state index contributed by atoms with van der Waals surface area (Å²) in [7, 11) is 1.58. The van der Waals surface area contributed by atoms with Crippen LogP contribution in [0.4, 0.5) is 0 Å². The Morgan fingerprint density at radius 3 is 3.00 bits per heavy atom. The maximum absolute atomic E-state index is 12.4. The normalized spacial score (nSPS) is 18.9. The van der Waals surface area contributed by atoms with Gasteiger partial charge in [-0.3, -0.25) is 14.3 Å². The molecule has 0 radical (unpaired) electrons. The highest BCUT2D eigenvalue weighted by Gasteiger charge is 2.33. The highest BCUT2D eigenvalue weighted by atomic mass is 16.2. The predicted molar refractivity (Wildman–Crippen MR) is 71.8 cm³/mol. The van der Waals surface area contributed by atoms with Crippen molar-refractivity contribution in [2.45, 2.75) is 31.8 Å². The largest absolute Gasteiger partial charge is 0.357 e. The number of piperidine rings is 1. The standard InChI is InChI=1S/C12H20N6O2/c1-14-11(19)10-4-2-3-6-18(10)12(20)9-8-17(7-5-13)16-15-9/h8,10H,2-7,13H2,1H3,(H,14,19). The second kappa shape index (κ2) is 6.47. The van der Waals surface area contributed by atoms with Gasteiger partial charge < -0.3 is 16.0 Å². The molecule has 0 spiro atoms. The van der Waals surface area contributed by atoms with Crippen LogP contribution in [0.5, 0.6) is 0 Å². The second-order valence-corrected chi connectivity index (χ2v) is 4.78. The zero-order valence-electron chi connectivity index (χ0n) is 11.6. The Labute approximate surface area is 117 Å². The minimum absolute atomic E-state index is 0.132. The zero-order valence-corrected chi connectivity index (χ0v) is 11.6. The number of hydrogen-bond acceptors (Lipinski definition) is 5. The molecule has 1 saturated heterocycles. The molecule has 0 aliphatic carbocycles. The quantitative estimate of drug-likeness (QED) is 0.734. The van der Waals surface area contributed by atoms with Gasteiger partial charge in [0.25, 0.3) is 5.91 Å². The molecule has 1 aromatic rings.